The molecule has 0 bridgehead atoms. The third kappa shape index (κ3) is 2.15. The van der Waals surface area contributed by atoms with Gasteiger partial charge in [0.1, 0.15) is 5.82 Å². The first-order chi connectivity index (χ1) is 7.68. The van der Waals surface area contributed by atoms with E-state index in [1.165, 1.54) is 18.2 Å². The Morgan fingerprint density at radius 1 is 1.25 bits per heavy atom. The van der Waals surface area contributed by atoms with E-state index in [4.69, 9.17) is 5.73 Å². The Morgan fingerprint density at radius 3 is 2.62 bits per heavy atom. The molecule has 2 N–H and O–H groups in total. The SMILES string of the molecule is Nc1ccc(F)c(C(=O)N2CCCCC2)c1. The van der Waals surface area contributed by atoms with E-state index in [1.54, 1.807) is 4.90 Å². The van der Waals surface area contributed by atoms with E-state index in [1.807, 2.05) is 0 Å². The highest BCUT2D eigenvalue weighted by atomic mass is 19.1. The average molecular weight is 222 g/mol. The summed E-state index contributed by atoms with van der Waals surface area (Å²) in [5.41, 5.74) is 6.06. The van der Waals surface area contributed by atoms with Crippen molar-refractivity contribution in [2.75, 3.05) is 18.8 Å². The zero-order valence-electron chi connectivity index (χ0n) is 9.08. The van der Waals surface area contributed by atoms with Gasteiger partial charge in [0, 0.05) is 18.8 Å². The van der Waals surface area contributed by atoms with Crippen LogP contribution in [0, 0.1) is 5.82 Å². The molecule has 1 fully saturated rings. The second-order valence-corrected chi connectivity index (χ2v) is 4.09. The maximum Gasteiger partial charge on any atom is 0.256 e. The Kier molecular flexibility index (Phi) is 3.08. The number of piperidine rings is 1. The molecule has 0 unspecified atom stereocenters. The molecule has 1 amide bonds. The fourth-order valence-electron chi connectivity index (χ4n) is 1.97. The molecular weight excluding hydrogens is 207 g/mol. The number of benzene rings is 1. The van der Waals surface area contributed by atoms with E-state index in [9.17, 15) is 9.18 Å². The zero-order chi connectivity index (χ0) is 11.5. The molecule has 0 aliphatic carbocycles. The molecule has 1 heterocycles. The van der Waals surface area contributed by atoms with Gasteiger partial charge >= 0.3 is 0 Å². The molecule has 0 saturated carbocycles. The van der Waals surface area contributed by atoms with Crippen molar-refractivity contribution < 1.29 is 9.18 Å². The molecule has 0 aromatic heterocycles. The molecule has 4 heteroatoms. The predicted molar refractivity (Wildman–Crippen MR) is 60.6 cm³/mol. The quantitative estimate of drug-likeness (QED) is 0.739. The van der Waals surface area contributed by atoms with E-state index >= 15 is 0 Å². The normalized spacial score (nSPS) is 16.2. The van der Waals surface area contributed by atoms with Crippen LogP contribution in [0.4, 0.5) is 10.1 Å². The minimum Gasteiger partial charge on any atom is -0.399 e. The molecular formula is C12H15FN2O. The summed E-state index contributed by atoms with van der Waals surface area (Å²) in [5.74, 6) is -0.741. The number of anilines is 1. The van der Waals surface area contributed by atoms with Gasteiger partial charge in [-0.2, -0.15) is 0 Å². The van der Waals surface area contributed by atoms with Crippen molar-refractivity contribution in [3.05, 3.63) is 29.6 Å². The van der Waals surface area contributed by atoms with E-state index < -0.39 is 5.82 Å². The van der Waals surface area contributed by atoms with Gasteiger partial charge in [0.25, 0.3) is 5.91 Å². The molecule has 3 nitrogen and oxygen atoms in total. The summed E-state index contributed by atoms with van der Waals surface area (Å²) in [7, 11) is 0. The van der Waals surface area contributed by atoms with Crippen molar-refractivity contribution >= 4 is 11.6 Å². The van der Waals surface area contributed by atoms with Crippen molar-refractivity contribution in [2.45, 2.75) is 19.3 Å². The van der Waals surface area contributed by atoms with Crippen LogP contribution in [0.25, 0.3) is 0 Å². The predicted octanol–water partition coefficient (Wildman–Crippen LogP) is 2.03. The van der Waals surface area contributed by atoms with Crippen molar-refractivity contribution in [2.24, 2.45) is 0 Å². The summed E-state index contributed by atoms with van der Waals surface area (Å²) in [6.45, 7) is 1.43. The van der Waals surface area contributed by atoms with Crippen LogP contribution in [0.2, 0.25) is 0 Å². The van der Waals surface area contributed by atoms with Crippen molar-refractivity contribution in [3.8, 4) is 0 Å². The Bertz CT molecular complexity index is 400. The Labute approximate surface area is 94.0 Å². The van der Waals surface area contributed by atoms with Gasteiger partial charge in [-0.3, -0.25) is 4.79 Å². The first kappa shape index (κ1) is 10.9. The lowest BCUT2D eigenvalue weighted by atomic mass is 10.1. The van der Waals surface area contributed by atoms with Gasteiger partial charge in [0.05, 0.1) is 5.56 Å². The average Bonchev–Trinajstić information content (AvgIpc) is 2.32. The van der Waals surface area contributed by atoms with Crippen molar-refractivity contribution in [1.82, 2.24) is 4.90 Å². The lowest BCUT2D eigenvalue weighted by Gasteiger charge is -2.26. The first-order valence-corrected chi connectivity index (χ1v) is 5.53. The number of carbonyl (C=O) groups is 1. The number of rotatable bonds is 1. The number of nitrogen functional groups attached to an aromatic ring is 1. The van der Waals surface area contributed by atoms with E-state index in [0.29, 0.717) is 18.8 Å². The maximum absolute atomic E-state index is 13.5. The van der Waals surface area contributed by atoms with Gasteiger partial charge in [-0.05, 0) is 37.5 Å². The maximum atomic E-state index is 13.5. The number of amides is 1. The van der Waals surface area contributed by atoms with E-state index in [2.05, 4.69) is 0 Å². The van der Waals surface area contributed by atoms with Crippen molar-refractivity contribution in [3.63, 3.8) is 0 Å². The van der Waals surface area contributed by atoms with Gasteiger partial charge in [-0.15, -0.1) is 0 Å². The largest absolute Gasteiger partial charge is 0.399 e. The smallest absolute Gasteiger partial charge is 0.256 e. The van der Waals surface area contributed by atoms with E-state index in [-0.39, 0.29) is 11.5 Å². The molecule has 1 aromatic rings. The molecule has 2 rings (SSSR count). The molecule has 16 heavy (non-hydrogen) atoms. The first-order valence-electron chi connectivity index (χ1n) is 5.53. The van der Waals surface area contributed by atoms with Crippen LogP contribution < -0.4 is 5.73 Å². The molecule has 0 atom stereocenters. The number of nitrogens with two attached hydrogens (primary N) is 1. The third-order valence-electron chi connectivity index (χ3n) is 2.86. The molecule has 1 aliphatic rings. The summed E-state index contributed by atoms with van der Waals surface area (Å²) in [4.78, 5) is 13.7. The molecule has 1 aliphatic heterocycles. The fraction of sp³-hybridized carbons (Fsp3) is 0.417. The van der Waals surface area contributed by atoms with Crippen LogP contribution in [-0.2, 0) is 0 Å². The van der Waals surface area contributed by atoms with Gasteiger partial charge in [-0.25, -0.2) is 4.39 Å². The van der Waals surface area contributed by atoms with Crippen LogP contribution >= 0.6 is 0 Å². The zero-order valence-corrected chi connectivity index (χ0v) is 9.08. The van der Waals surface area contributed by atoms with Crippen LogP contribution in [0.15, 0.2) is 18.2 Å². The summed E-state index contributed by atoms with van der Waals surface area (Å²) < 4.78 is 13.5. The summed E-state index contributed by atoms with van der Waals surface area (Å²) in [5, 5.41) is 0. The standard InChI is InChI=1S/C12H15FN2O/c13-11-5-4-9(14)8-10(11)12(16)15-6-2-1-3-7-15/h4-5,8H,1-3,6-7,14H2. The number of hydrogen-bond acceptors (Lipinski definition) is 2. The lowest BCUT2D eigenvalue weighted by Crippen LogP contribution is -2.36. The van der Waals surface area contributed by atoms with Crippen LogP contribution in [0.1, 0.15) is 29.6 Å². The highest BCUT2D eigenvalue weighted by Gasteiger charge is 2.20. The van der Waals surface area contributed by atoms with Crippen molar-refractivity contribution in [1.29, 1.82) is 0 Å². The van der Waals surface area contributed by atoms with Gasteiger partial charge in [0.2, 0.25) is 0 Å². The van der Waals surface area contributed by atoms with Gasteiger partial charge in [0.15, 0.2) is 0 Å². The minimum atomic E-state index is -0.496. The van der Waals surface area contributed by atoms with Gasteiger partial charge < -0.3 is 10.6 Å². The summed E-state index contributed by atoms with van der Waals surface area (Å²) in [6.07, 6.45) is 3.13. The second-order valence-electron chi connectivity index (χ2n) is 4.09. The number of nitrogens with zero attached hydrogens (tertiary/aromatic N) is 1. The Morgan fingerprint density at radius 2 is 1.94 bits per heavy atom. The minimum absolute atomic E-state index is 0.0851. The number of hydrogen-bond donors (Lipinski definition) is 1. The Hall–Kier alpha value is -1.58. The topological polar surface area (TPSA) is 46.3 Å². The van der Waals surface area contributed by atoms with Crippen LogP contribution in [-0.4, -0.2) is 23.9 Å². The summed E-state index contributed by atoms with van der Waals surface area (Å²) >= 11 is 0. The van der Waals surface area contributed by atoms with Crippen LogP contribution in [0.5, 0.6) is 0 Å². The molecule has 0 spiro atoms. The van der Waals surface area contributed by atoms with Gasteiger partial charge in [-0.1, -0.05) is 0 Å². The molecule has 1 saturated heterocycles. The highest BCUT2D eigenvalue weighted by Crippen LogP contribution is 2.17. The lowest BCUT2D eigenvalue weighted by molar-refractivity contribution is 0.0719. The highest BCUT2D eigenvalue weighted by molar-refractivity contribution is 5.95. The Balaban J connectivity index is 2.22. The molecule has 86 valence electrons. The molecule has 0 radical (unpaired) electrons. The third-order valence-corrected chi connectivity index (χ3v) is 2.86. The fourth-order valence-corrected chi connectivity index (χ4v) is 1.97. The number of likely N-dealkylation sites (tertiary alicyclic amines) is 1. The van der Waals surface area contributed by atoms with Crippen LogP contribution in [0.3, 0.4) is 0 Å². The summed E-state index contributed by atoms with van der Waals surface area (Å²) in [6, 6.07) is 4.11. The number of halogens is 1. The molecule has 1 aromatic carbocycles. The monoisotopic (exact) mass is 222 g/mol. The van der Waals surface area contributed by atoms with E-state index in [0.717, 1.165) is 19.3 Å². The second kappa shape index (κ2) is 4.51. The number of carbonyl (C=O) groups excluding carboxylic acids is 1.